The highest BCUT2D eigenvalue weighted by atomic mass is 31.2. The molecule has 0 aliphatic rings. The molecular weight excluding hydrogens is 677 g/mol. The van der Waals surface area contributed by atoms with Crippen molar-refractivity contribution >= 4 is 19.8 Å². The highest BCUT2D eigenvalue weighted by molar-refractivity contribution is 7.47. The minimum Gasteiger partial charge on any atom is -0.462 e. The summed E-state index contributed by atoms with van der Waals surface area (Å²) in [7, 11) is 1.47. The molecule has 0 aliphatic heterocycles. The fraction of sp³-hybridized carbons (Fsp3) is 0.857. The molecule has 2 atom stereocenters. The minimum atomic E-state index is -4.37. The molecule has 0 heterocycles. The smallest absolute Gasteiger partial charge is 0.462 e. The molecule has 306 valence electrons. The molecule has 0 aromatic heterocycles. The van der Waals surface area contributed by atoms with Crippen molar-refractivity contribution in [3.63, 3.8) is 0 Å². The lowest BCUT2D eigenvalue weighted by Gasteiger charge is -2.24. The van der Waals surface area contributed by atoms with Gasteiger partial charge in [-0.15, -0.1) is 0 Å². The summed E-state index contributed by atoms with van der Waals surface area (Å²) in [6, 6.07) is 0. The van der Waals surface area contributed by atoms with Crippen LogP contribution in [0.3, 0.4) is 0 Å². The first kappa shape index (κ1) is 50.5. The summed E-state index contributed by atoms with van der Waals surface area (Å²) in [5, 5.41) is 0. The third-order valence-electron chi connectivity index (χ3n) is 8.98. The topological polar surface area (TPSA) is 108 Å². The van der Waals surface area contributed by atoms with E-state index >= 15 is 0 Å². The number of nitrogens with zero attached hydrogens (tertiary/aromatic N) is 1. The van der Waals surface area contributed by atoms with Crippen molar-refractivity contribution in [3.05, 3.63) is 24.3 Å². The van der Waals surface area contributed by atoms with E-state index < -0.39 is 26.5 Å². The quantitative estimate of drug-likeness (QED) is 0.0218. The van der Waals surface area contributed by atoms with Gasteiger partial charge in [-0.1, -0.05) is 147 Å². The normalized spacial score (nSPS) is 13.9. The summed E-state index contributed by atoms with van der Waals surface area (Å²) in [6.07, 6.45) is 36.4. The zero-order valence-electron chi connectivity index (χ0n) is 34.3. The van der Waals surface area contributed by atoms with Crippen LogP contribution in [0.4, 0.5) is 0 Å². The molecule has 0 aromatic rings. The number of carbonyl (C=O) groups excluding carboxylic acids is 2. The molecule has 0 fully saturated rings. The first-order chi connectivity index (χ1) is 25.0. The van der Waals surface area contributed by atoms with E-state index in [1.807, 2.05) is 21.1 Å². The van der Waals surface area contributed by atoms with Crippen LogP contribution in [0.15, 0.2) is 24.3 Å². The number of phosphoric ester groups is 1. The van der Waals surface area contributed by atoms with Crippen molar-refractivity contribution in [2.24, 2.45) is 0 Å². The van der Waals surface area contributed by atoms with Crippen LogP contribution >= 0.6 is 7.82 Å². The molecule has 0 bridgehead atoms. The lowest BCUT2D eigenvalue weighted by molar-refractivity contribution is -0.870. The Labute approximate surface area is 319 Å². The highest BCUT2D eigenvalue weighted by Gasteiger charge is 2.27. The van der Waals surface area contributed by atoms with Gasteiger partial charge in [0.1, 0.15) is 19.8 Å². The minimum absolute atomic E-state index is 0.0304. The fourth-order valence-corrected chi connectivity index (χ4v) is 6.37. The molecule has 0 radical (unpaired) electrons. The summed E-state index contributed by atoms with van der Waals surface area (Å²) in [6.45, 7) is 4.38. The number of unbranched alkanes of at least 4 members (excludes halogenated alkanes) is 20. The van der Waals surface area contributed by atoms with Gasteiger partial charge >= 0.3 is 19.8 Å². The zero-order chi connectivity index (χ0) is 38.6. The molecular formula is C42H81NO8P+. The number of carbonyl (C=O) groups is 2. The first-order valence-corrected chi connectivity index (χ1v) is 22.6. The number of likely N-dealkylation sites (N-methyl/N-ethyl adjacent to an activating group) is 1. The standard InChI is InChI=1S/C42H80NO8P/c1-6-8-10-12-14-16-18-20-21-23-25-27-29-31-33-35-42(45)51-40(39-50-52(46,47)49-37-36-43(3,4)5)38-48-41(44)34-32-30-28-26-24-22-19-17-15-13-11-9-7-2/h14,16,20-21,40H,6-13,15,17-19,22-39H2,1-5H3/p+1/t40-/m1/s1. The van der Waals surface area contributed by atoms with Gasteiger partial charge in [0.05, 0.1) is 27.7 Å². The van der Waals surface area contributed by atoms with Gasteiger partial charge in [-0.3, -0.25) is 18.6 Å². The lowest BCUT2D eigenvalue weighted by atomic mass is 10.0. The van der Waals surface area contributed by atoms with E-state index in [2.05, 4.69) is 38.2 Å². The van der Waals surface area contributed by atoms with E-state index in [0.29, 0.717) is 17.4 Å². The number of rotatable bonds is 38. The maximum Gasteiger partial charge on any atom is 0.472 e. The molecule has 9 nitrogen and oxygen atoms in total. The van der Waals surface area contributed by atoms with Gasteiger partial charge in [0.15, 0.2) is 6.10 Å². The first-order valence-electron chi connectivity index (χ1n) is 21.1. The van der Waals surface area contributed by atoms with Gasteiger partial charge in [-0.05, 0) is 44.9 Å². The van der Waals surface area contributed by atoms with E-state index in [9.17, 15) is 19.0 Å². The molecule has 0 amide bonds. The third-order valence-corrected chi connectivity index (χ3v) is 9.97. The molecule has 0 saturated carbocycles. The van der Waals surface area contributed by atoms with Crippen LogP contribution in [0.2, 0.25) is 0 Å². The van der Waals surface area contributed by atoms with Crippen molar-refractivity contribution in [3.8, 4) is 0 Å². The maximum absolute atomic E-state index is 12.6. The number of allylic oxidation sites excluding steroid dienone is 4. The summed E-state index contributed by atoms with van der Waals surface area (Å²) < 4.78 is 34.2. The summed E-state index contributed by atoms with van der Waals surface area (Å²) >= 11 is 0. The predicted octanol–water partition coefficient (Wildman–Crippen LogP) is 11.6. The van der Waals surface area contributed by atoms with Crippen LogP contribution in [0.25, 0.3) is 0 Å². The van der Waals surface area contributed by atoms with Crippen molar-refractivity contribution < 1.29 is 42.1 Å². The zero-order valence-corrected chi connectivity index (χ0v) is 35.2. The number of quaternary nitrogens is 1. The largest absolute Gasteiger partial charge is 0.472 e. The second-order valence-corrected chi connectivity index (χ2v) is 16.8. The van der Waals surface area contributed by atoms with Crippen molar-refractivity contribution in [2.45, 2.75) is 187 Å². The van der Waals surface area contributed by atoms with Crippen molar-refractivity contribution in [2.75, 3.05) is 47.5 Å². The van der Waals surface area contributed by atoms with Gasteiger partial charge < -0.3 is 18.9 Å². The monoisotopic (exact) mass is 759 g/mol. The molecule has 0 saturated heterocycles. The van der Waals surface area contributed by atoms with Crippen LogP contribution in [-0.4, -0.2) is 74.9 Å². The lowest BCUT2D eigenvalue weighted by Crippen LogP contribution is -2.37. The van der Waals surface area contributed by atoms with Crippen molar-refractivity contribution in [1.82, 2.24) is 0 Å². The number of hydrogen-bond acceptors (Lipinski definition) is 7. The molecule has 0 rings (SSSR count). The van der Waals surface area contributed by atoms with Crippen LogP contribution in [0.5, 0.6) is 0 Å². The second kappa shape index (κ2) is 35.2. The molecule has 0 aliphatic carbocycles. The van der Waals surface area contributed by atoms with Gasteiger partial charge in [0, 0.05) is 12.8 Å². The predicted molar refractivity (Wildman–Crippen MR) is 215 cm³/mol. The van der Waals surface area contributed by atoms with E-state index in [4.69, 9.17) is 18.5 Å². The SMILES string of the molecule is CCCCCC=CCC=CCCCCCCCC(=O)O[C@H](COC(=O)CCCCCCCCCCCCCCC)COP(=O)(O)OCC[N+](C)(C)C. The Balaban J connectivity index is 4.41. The van der Waals surface area contributed by atoms with E-state index in [-0.39, 0.29) is 32.0 Å². The van der Waals surface area contributed by atoms with E-state index in [0.717, 1.165) is 57.8 Å². The number of phosphoric acid groups is 1. The van der Waals surface area contributed by atoms with Crippen LogP contribution in [0, 0.1) is 0 Å². The Kier molecular flexibility index (Phi) is 34.2. The van der Waals surface area contributed by atoms with Crippen LogP contribution in [0.1, 0.15) is 181 Å². The Morgan fingerprint density at radius 2 is 1.04 bits per heavy atom. The second-order valence-electron chi connectivity index (χ2n) is 15.4. The number of hydrogen-bond donors (Lipinski definition) is 1. The summed E-state index contributed by atoms with van der Waals surface area (Å²) in [4.78, 5) is 35.3. The van der Waals surface area contributed by atoms with Crippen molar-refractivity contribution in [1.29, 1.82) is 0 Å². The number of esters is 2. The van der Waals surface area contributed by atoms with Gasteiger partial charge in [-0.25, -0.2) is 4.57 Å². The Morgan fingerprint density at radius 3 is 1.56 bits per heavy atom. The summed E-state index contributed by atoms with van der Waals surface area (Å²) in [5.41, 5.74) is 0. The third kappa shape index (κ3) is 38.2. The molecule has 0 spiro atoms. The van der Waals surface area contributed by atoms with Gasteiger partial charge in [0.25, 0.3) is 0 Å². The van der Waals surface area contributed by atoms with Gasteiger partial charge in [-0.2, -0.15) is 0 Å². The average Bonchev–Trinajstić information content (AvgIpc) is 3.09. The Bertz CT molecular complexity index is 949. The van der Waals surface area contributed by atoms with Crippen LogP contribution in [-0.2, 0) is 32.7 Å². The molecule has 1 unspecified atom stereocenters. The van der Waals surface area contributed by atoms with Gasteiger partial charge in [0.2, 0.25) is 0 Å². The highest BCUT2D eigenvalue weighted by Crippen LogP contribution is 2.43. The van der Waals surface area contributed by atoms with E-state index in [1.165, 1.54) is 89.9 Å². The molecule has 1 N–H and O–H groups in total. The Morgan fingerprint density at radius 1 is 0.596 bits per heavy atom. The van der Waals surface area contributed by atoms with E-state index in [1.54, 1.807) is 0 Å². The molecule has 10 heteroatoms. The summed E-state index contributed by atoms with van der Waals surface area (Å²) in [5.74, 6) is -0.810. The Hall–Kier alpha value is -1.51. The molecule has 52 heavy (non-hydrogen) atoms. The fourth-order valence-electron chi connectivity index (χ4n) is 5.63. The maximum atomic E-state index is 12.6. The number of ether oxygens (including phenoxy) is 2. The average molecular weight is 759 g/mol. The van der Waals surface area contributed by atoms with Crippen LogP contribution < -0.4 is 0 Å². The molecule has 0 aromatic carbocycles.